The minimum Gasteiger partial charge on any atom is -0.857 e. The highest BCUT2D eigenvalue weighted by Crippen LogP contribution is 2.10. The van der Waals surface area contributed by atoms with Crippen LogP contribution in [0.15, 0.2) is 100 Å². The smallest absolute Gasteiger partial charge is 0.390 e. The third-order valence-electron chi connectivity index (χ3n) is 4.41. The second-order valence-electron chi connectivity index (χ2n) is 6.52. The summed E-state index contributed by atoms with van der Waals surface area (Å²) in [6, 6.07) is 22.9. The summed E-state index contributed by atoms with van der Waals surface area (Å²) < 4.78 is 1.81. The number of benzene rings is 2. The molecule has 6 nitrogen and oxygen atoms in total. The van der Waals surface area contributed by atoms with Gasteiger partial charge in [0.1, 0.15) is 4.88 Å². The summed E-state index contributed by atoms with van der Waals surface area (Å²) in [5.74, 6) is 0.150. The lowest BCUT2D eigenvalue weighted by Gasteiger charge is -2.06. The molecule has 0 saturated carbocycles. The molecule has 2 aromatic carbocycles. The summed E-state index contributed by atoms with van der Waals surface area (Å²) in [5.41, 5.74) is 2.85. The molecule has 0 spiro atoms. The Bertz CT molecular complexity index is 1230. The van der Waals surface area contributed by atoms with E-state index in [9.17, 15) is 9.90 Å². The number of H-pyrrole nitrogens is 1. The first-order valence-electron chi connectivity index (χ1n) is 9.30. The Balaban J connectivity index is 1.54. The Kier molecular flexibility index (Phi) is 5.91. The highest BCUT2D eigenvalue weighted by molar-refractivity contribution is 7.11. The number of nitrogens with one attached hydrogen (secondary N) is 1. The number of hydrogen-bond donors (Lipinski definition) is 1. The van der Waals surface area contributed by atoms with Crippen molar-refractivity contribution in [2.45, 2.75) is 6.42 Å². The molecule has 0 amide bonds. The number of hydrogen-bond acceptors (Lipinski definition) is 5. The Hall–Kier alpha value is -3.84. The zero-order valence-corrected chi connectivity index (χ0v) is 16.8. The molecule has 0 atom stereocenters. The van der Waals surface area contributed by atoms with E-state index in [0.717, 1.165) is 23.3 Å². The van der Waals surface area contributed by atoms with E-state index in [1.165, 1.54) is 11.8 Å². The van der Waals surface area contributed by atoms with Crippen molar-refractivity contribution >= 4 is 23.4 Å². The molecule has 7 heteroatoms. The van der Waals surface area contributed by atoms with Crippen molar-refractivity contribution in [1.82, 2.24) is 4.98 Å². The minimum absolute atomic E-state index is 0.207. The quantitative estimate of drug-likeness (QED) is 0.227. The monoisotopic (exact) mass is 414 g/mol. The predicted octanol–water partition coefficient (Wildman–Crippen LogP) is 2.44. The van der Waals surface area contributed by atoms with Crippen molar-refractivity contribution in [3.8, 4) is 5.82 Å². The normalized spacial score (nSPS) is 11.8. The molecule has 4 rings (SSSR count). The lowest BCUT2D eigenvalue weighted by atomic mass is 10.1. The largest absolute Gasteiger partial charge is 0.857 e. The van der Waals surface area contributed by atoms with Gasteiger partial charge in [-0.25, -0.2) is 9.36 Å². The van der Waals surface area contributed by atoms with Gasteiger partial charge in [-0.05, 0) is 46.6 Å². The van der Waals surface area contributed by atoms with Crippen molar-refractivity contribution in [1.29, 1.82) is 0 Å². The zero-order valence-electron chi connectivity index (χ0n) is 15.9. The summed E-state index contributed by atoms with van der Waals surface area (Å²) >= 11 is 1.01. The fourth-order valence-corrected chi connectivity index (χ4v) is 3.64. The van der Waals surface area contributed by atoms with Gasteiger partial charge in [0, 0.05) is 5.90 Å². The fraction of sp³-hybridized carbons (Fsp3) is 0.0435. The van der Waals surface area contributed by atoms with E-state index in [1.54, 1.807) is 24.3 Å². The van der Waals surface area contributed by atoms with Crippen LogP contribution in [0.3, 0.4) is 0 Å². The average molecular weight is 414 g/mol. The SMILES string of the molecule is O=c1[nH]c(-[n+]2ccc(Cc3ccccc3)cc2)c(C=N/N=C(\[O-])c2ccccc2)s1. The van der Waals surface area contributed by atoms with Crippen LogP contribution in [0.5, 0.6) is 0 Å². The fourth-order valence-electron chi connectivity index (χ4n) is 2.94. The molecule has 0 aliphatic carbocycles. The van der Waals surface area contributed by atoms with Crippen LogP contribution in [0, 0.1) is 0 Å². The highest BCUT2D eigenvalue weighted by Gasteiger charge is 2.16. The Morgan fingerprint density at radius 3 is 2.30 bits per heavy atom. The Morgan fingerprint density at radius 1 is 0.967 bits per heavy atom. The third-order valence-corrected chi connectivity index (χ3v) is 5.21. The van der Waals surface area contributed by atoms with E-state index < -0.39 is 5.90 Å². The molecule has 2 heterocycles. The lowest BCUT2D eigenvalue weighted by Crippen LogP contribution is -2.32. The van der Waals surface area contributed by atoms with Crippen LogP contribution in [0.4, 0.5) is 0 Å². The van der Waals surface area contributed by atoms with Gasteiger partial charge in [-0.1, -0.05) is 60.7 Å². The molecule has 2 aromatic heterocycles. The molecule has 30 heavy (non-hydrogen) atoms. The first-order chi connectivity index (χ1) is 14.7. The van der Waals surface area contributed by atoms with Crippen LogP contribution in [-0.2, 0) is 6.42 Å². The molecule has 1 N–H and O–H groups in total. The summed E-state index contributed by atoms with van der Waals surface area (Å²) in [6.07, 6.45) is 6.03. The highest BCUT2D eigenvalue weighted by atomic mass is 32.1. The minimum atomic E-state index is -0.436. The van der Waals surface area contributed by atoms with Crippen molar-refractivity contribution in [3.63, 3.8) is 0 Å². The molecule has 0 unspecified atom stereocenters. The lowest BCUT2D eigenvalue weighted by molar-refractivity contribution is -0.599. The van der Waals surface area contributed by atoms with E-state index in [0.29, 0.717) is 16.3 Å². The zero-order chi connectivity index (χ0) is 20.8. The molecule has 0 aliphatic rings. The van der Waals surface area contributed by atoms with Gasteiger partial charge in [0.15, 0.2) is 0 Å². The van der Waals surface area contributed by atoms with Crippen LogP contribution in [0.1, 0.15) is 21.6 Å². The van der Waals surface area contributed by atoms with E-state index in [-0.39, 0.29) is 4.87 Å². The van der Waals surface area contributed by atoms with Gasteiger partial charge in [0.05, 0.1) is 18.6 Å². The van der Waals surface area contributed by atoms with E-state index in [2.05, 4.69) is 27.3 Å². The maximum Gasteiger partial charge on any atom is 0.390 e. The number of aromatic nitrogens is 2. The molecule has 0 bridgehead atoms. The van der Waals surface area contributed by atoms with E-state index >= 15 is 0 Å². The first-order valence-corrected chi connectivity index (χ1v) is 10.1. The van der Waals surface area contributed by atoms with Gasteiger partial charge in [0.2, 0.25) is 0 Å². The molecule has 0 radical (unpaired) electrons. The second kappa shape index (κ2) is 9.11. The molecule has 0 aliphatic heterocycles. The summed E-state index contributed by atoms with van der Waals surface area (Å²) in [4.78, 5) is 15.1. The van der Waals surface area contributed by atoms with Crippen molar-refractivity contribution < 1.29 is 9.67 Å². The Labute approximate surface area is 177 Å². The topological polar surface area (TPSA) is 84.5 Å². The first kappa shape index (κ1) is 19.5. The number of aromatic amines is 1. The number of rotatable bonds is 6. The number of pyridine rings is 1. The van der Waals surface area contributed by atoms with Crippen LogP contribution in [0.2, 0.25) is 0 Å². The number of nitrogens with zero attached hydrogens (tertiary/aromatic N) is 3. The maximum absolute atomic E-state index is 12.0. The summed E-state index contributed by atoms with van der Waals surface area (Å²) in [5, 5.41) is 19.6. The third kappa shape index (κ3) is 4.76. The molecule has 148 valence electrons. The molecule has 0 saturated heterocycles. The van der Waals surface area contributed by atoms with Crippen molar-refractivity contribution in [2.24, 2.45) is 10.2 Å². The average Bonchev–Trinajstić information content (AvgIpc) is 3.16. The van der Waals surface area contributed by atoms with Crippen molar-refractivity contribution in [3.05, 3.63) is 116 Å². The van der Waals surface area contributed by atoms with Gasteiger partial charge in [-0.2, -0.15) is 15.2 Å². The summed E-state index contributed by atoms with van der Waals surface area (Å²) in [6.45, 7) is 0. The van der Waals surface area contributed by atoms with Gasteiger partial charge >= 0.3 is 10.7 Å². The van der Waals surface area contributed by atoms with E-state index in [1.807, 2.05) is 53.4 Å². The van der Waals surface area contributed by atoms with Crippen LogP contribution in [0.25, 0.3) is 5.82 Å². The molecule has 0 fully saturated rings. The van der Waals surface area contributed by atoms with Gasteiger partial charge in [0.25, 0.3) is 0 Å². The van der Waals surface area contributed by atoms with Gasteiger partial charge in [-0.3, -0.25) is 0 Å². The second-order valence-corrected chi connectivity index (χ2v) is 7.53. The summed E-state index contributed by atoms with van der Waals surface area (Å²) in [7, 11) is 0. The molecule has 4 aromatic rings. The van der Waals surface area contributed by atoms with Gasteiger partial charge < -0.3 is 5.11 Å². The van der Waals surface area contributed by atoms with Gasteiger partial charge in [-0.15, -0.1) is 0 Å². The maximum atomic E-state index is 12.0. The Morgan fingerprint density at radius 2 is 1.60 bits per heavy atom. The number of thiazole rings is 1. The van der Waals surface area contributed by atoms with Crippen LogP contribution in [-0.4, -0.2) is 17.1 Å². The van der Waals surface area contributed by atoms with Crippen LogP contribution >= 0.6 is 11.3 Å². The predicted molar refractivity (Wildman–Crippen MR) is 116 cm³/mol. The van der Waals surface area contributed by atoms with Crippen LogP contribution < -0.4 is 14.5 Å². The van der Waals surface area contributed by atoms with E-state index in [4.69, 9.17) is 0 Å². The van der Waals surface area contributed by atoms with Crippen molar-refractivity contribution in [2.75, 3.05) is 0 Å². The molecular weight excluding hydrogens is 396 g/mol. The standard InChI is InChI=1S/C23H18N4O2S/c28-22(19-9-5-2-6-10-19)26-24-16-20-21(25-23(29)30-20)27-13-11-18(12-14-27)15-17-7-3-1-4-8-17/h1-14,16H,15H2,(H-,24,25,26,28,29). The molecular formula is C23H18N4O2S.